The molecule has 5 nitrogen and oxygen atoms in total. The first-order valence-corrected chi connectivity index (χ1v) is 11.0. The highest BCUT2D eigenvalue weighted by Crippen LogP contribution is 2.40. The summed E-state index contributed by atoms with van der Waals surface area (Å²) in [7, 11) is 0. The topological polar surface area (TPSA) is 54.3 Å². The number of hydrogen-bond donors (Lipinski definition) is 1. The highest BCUT2D eigenvalue weighted by molar-refractivity contribution is 5.89. The SMILES string of the molecule is CC(=O)Nc1ccc(-c2ccc(=O)n3c2[C@@H]2C[C@@H](CN(Cc4ccc(F)cc4)C2)C3)cc1. The fraction of sp³-hybridized carbons (Fsp3) is 0.308. The van der Waals surface area contributed by atoms with Crippen molar-refractivity contribution >= 4 is 11.6 Å². The summed E-state index contributed by atoms with van der Waals surface area (Å²) in [5.41, 5.74) is 5.13. The minimum absolute atomic E-state index is 0.0558. The Bertz CT molecular complexity index is 1200. The molecule has 2 atom stereocenters. The van der Waals surface area contributed by atoms with Gasteiger partial charge >= 0.3 is 0 Å². The lowest BCUT2D eigenvalue weighted by Crippen LogP contribution is -2.47. The quantitative estimate of drug-likeness (QED) is 0.673. The smallest absolute Gasteiger partial charge is 0.250 e. The standard InChI is InChI=1S/C26H26FN3O2/c1-17(31)28-23-8-4-20(5-9-23)24-10-11-25(32)30-15-19-12-21(26(24)30)16-29(14-19)13-18-2-6-22(27)7-3-18/h2-11,19,21H,12-16H2,1H3,(H,28,31)/t19-,21+/m0/s1. The van der Waals surface area contributed by atoms with Crippen LogP contribution < -0.4 is 10.9 Å². The molecule has 3 heterocycles. The van der Waals surface area contributed by atoms with Gasteiger partial charge in [0.15, 0.2) is 0 Å². The van der Waals surface area contributed by atoms with Gasteiger partial charge in [-0.2, -0.15) is 0 Å². The van der Waals surface area contributed by atoms with Crippen LogP contribution in [0.4, 0.5) is 10.1 Å². The lowest BCUT2D eigenvalue weighted by atomic mass is 9.80. The molecule has 2 aromatic carbocycles. The largest absolute Gasteiger partial charge is 0.326 e. The third kappa shape index (κ3) is 4.10. The van der Waals surface area contributed by atoms with Gasteiger partial charge < -0.3 is 9.88 Å². The number of rotatable bonds is 4. The minimum Gasteiger partial charge on any atom is -0.326 e. The summed E-state index contributed by atoms with van der Waals surface area (Å²) in [6.07, 6.45) is 1.07. The number of carbonyl (C=O) groups is 1. The Labute approximate surface area is 186 Å². The third-order valence-electron chi connectivity index (χ3n) is 6.50. The van der Waals surface area contributed by atoms with E-state index in [0.717, 1.165) is 60.7 Å². The monoisotopic (exact) mass is 431 g/mol. The molecule has 0 radical (unpaired) electrons. The van der Waals surface area contributed by atoms with Gasteiger partial charge in [-0.25, -0.2) is 4.39 Å². The van der Waals surface area contributed by atoms with E-state index < -0.39 is 0 Å². The second-order valence-electron chi connectivity index (χ2n) is 8.96. The van der Waals surface area contributed by atoms with Gasteiger partial charge in [-0.1, -0.05) is 24.3 Å². The highest BCUT2D eigenvalue weighted by Gasteiger charge is 2.36. The van der Waals surface area contributed by atoms with Crippen LogP contribution in [0.25, 0.3) is 11.1 Å². The molecular weight excluding hydrogens is 405 g/mol. The molecule has 5 rings (SSSR count). The third-order valence-corrected chi connectivity index (χ3v) is 6.50. The molecule has 0 unspecified atom stereocenters. The summed E-state index contributed by atoms with van der Waals surface area (Å²) in [5, 5.41) is 2.80. The van der Waals surface area contributed by atoms with Gasteiger partial charge in [-0.05, 0) is 53.8 Å². The van der Waals surface area contributed by atoms with Crippen molar-refractivity contribution in [1.82, 2.24) is 9.47 Å². The number of pyridine rings is 1. The summed E-state index contributed by atoms with van der Waals surface area (Å²) in [4.78, 5) is 26.5. The number of fused-ring (bicyclic) bond motifs is 4. The van der Waals surface area contributed by atoms with Crippen LogP contribution in [0, 0.1) is 11.7 Å². The number of nitrogens with zero attached hydrogens (tertiary/aromatic N) is 2. The Balaban J connectivity index is 1.45. The lowest BCUT2D eigenvalue weighted by molar-refractivity contribution is -0.114. The maximum Gasteiger partial charge on any atom is 0.250 e. The maximum atomic E-state index is 13.3. The van der Waals surface area contributed by atoms with Crippen molar-refractivity contribution < 1.29 is 9.18 Å². The Morgan fingerprint density at radius 1 is 1.00 bits per heavy atom. The van der Waals surface area contributed by atoms with Crippen LogP contribution in [0.15, 0.2) is 65.5 Å². The van der Waals surface area contributed by atoms with Crippen molar-refractivity contribution in [2.24, 2.45) is 5.92 Å². The molecule has 1 N–H and O–H groups in total. The molecule has 2 bridgehead atoms. The van der Waals surface area contributed by atoms with Gasteiger partial charge in [0.25, 0.3) is 5.56 Å². The second kappa shape index (κ2) is 8.36. The number of nitrogens with one attached hydrogen (secondary N) is 1. The van der Waals surface area contributed by atoms with E-state index in [2.05, 4.69) is 10.2 Å². The predicted molar refractivity (Wildman–Crippen MR) is 123 cm³/mol. The van der Waals surface area contributed by atoms with E-state index in [0.29, 0.717) is 5.92 Å². The molecule has 0 saturated carbocycles. The summed E-state index contributed by atoms with van der Waals surface area (Å²) in [5.74, 6) is 0.376. The predicted octanol–water partition coefficient (Wildman–Crippen LogP) is 4.23. The molecule has 0 aliphatic carbocycles. The molecule has 1 aromatic heterocycles. The average molecular weight is 432 g/mol. The summed E-state index contributed by atoms with van der Waals surface area (Å²) in [6.45, 7) is 4.81. The molecule has 3 aromatic rings. The Morgan fingerprint density at radius 3 is 2.47 bits per heavy atom. The van der Waals surface area contributed by atoms with Gasteiger partial charge in [0.1, 0.15) is 5.82 Å². The molecule has 164 valence electrons. The summed E-state index contributed by atoms with van der Waals surface area (Å²) >= 11 is 0. The van der Waals surface area contributed by atoms with Gasteiger partial charge in [0.2, 0.25) is 5.91 Å². The first kappa shape index (κ1) is 20.6. The van der Waals surface area contributed by atoms with E-state index in [-0.39, 0.29) is 23.2 Å². The van der Waals surface area contributed by atoms with Crippen LogP contribution in [0.3, 0.4) is 0 Å². The number of piperidine rings is 1. The molecule has 0 spiro atoms. The Morgan fingerprint density at radius 2 is 1.75 bits per heavy atom. The maximum absolute atomic E-state index is 13.3. The van der Waals surface area contributed by atoms with Crippen LogP contribution >= 0.6 is 0 Å². The van der Waals surface area contributed by atoms with E-state index in [9.17, 15) is 14.0 Å². The number of likely N-dealkylation sites (tertiary alicyclic amines) is 1. The molecule has 1 amide bonds. The number of aromatic nitrogens is 1. The van der Waals surface area contributed by atoms with E-state index in [4.69, 9.17) is 0 Å². The highest BCUT2D eigenvalue weighted by atomic mass is 19.1. The normalized spacial score (nSPS) is 19.9. The zero-order valence-corrected chi connectivity index (χ0v) is 18.1. The molecule has 1 saturated heterocycles. The fourth-order valence-corrected chi connectivity index (χ4v) is 5.27. The van der Waals surface area contributed by atoms with Crippen LogP contribution in [-0.2, 0) is 17.9 Å². The second-order valence-corrected chi connectivity index (χ2v) is 8.96. The molecule has 1 fully saturated rings. The Kier molecular flexibility index (Phi) is 5.39. The van der Waals surface area contributed by atoms with Crippen molar-refractivity contribution in [3.05, 3.63) is 88.1 Å². The minimum atomic E-state index is -0.216. The van der Waals surface area contributed by atoms with Crippen LogP contribution in [0.2, 0.25) is 0 Å². The Hall–Kier alpha value is -3.25. The molecule has 2 aliphatic heterocycles. The number of hydrogen-bond acceptors (Lipinski definition) is 3. The zero-order chi connectivity index (χ0) is 22.2. The van der Waals surface area contributed by atoms with E-state index in [1.807, 2.05) is 47.0 Å². The molecule has 6 heteroatoms. The summed E-state index contributed by atoms with van der Waals surface area (Å²) in [6, 6.07) is 18.1. The average Bonchev–Trinajstić information content (AvgIpc) is 2.76. The van der Waals surface area contributed by atoms with Gasteiger partial charge in [0.05, 0.1) is 0 Å². The van der Waals surface area contributed by atoms with E-state index in [1.54, 1.807) is 6.07 Å². The van der Waals surface area contributed by atoms with Crippen molar-refractivity contribution in [3.8, 4) is 11.1 Å². The number of carbonyl (C=O) groups excluding carboxylic acids is 1. The van der Waals surface area contributed by atoms with Gasteiger partial charge in [-0.15, -0.1) is 0 Å². The molecular formula is C26H26FN3O2. The molecule has 32 heavy (non-hydrogen) atoms. The van der Waals surface area contributed by atoms with Crippen LogP contribution in [-0.4, -0.2) is 28.5 Å². The number of anilines is 1. The fourth-order valence-electron chi connectivity index (χ4n) is 5.27. The first-order valence-electron chi connectivity index (χ1n) is 11.0. The zero-order valence-electron chi connectivity index (χ0n) is 18.1. The van der Waals surface area contributed by atoms with Crippen molar-refractivity contribution in [2.75, 3.05) is 18.4 Å². The summed E-state index contributed by atoms with van der Waals surface area (Å²) < 4.78 is 15.2. The van der Waals surface area contributed by atoms with Gasteiger partial charge in [-0.3, -0.25) is 14.5 Å². The number of halogens is 1. The number of amides is 1. The lowest BCUT2D eigenvalue weighted by Gasteiger charge is -2.43. The molecule has 2 aliphatic rings. The van der Waals surface area contributed by atoms with Crippen LogP contribution in [0.1, 0.15) is 30.5 Å². The first-order chi connectivity index (χ1) is 15.5. The van der Waals surface area contributed by atoms with Gasteiger partial charge in [0, 0.05) is 62.0 Å². The number of benzene rings is 2. The van der Waals surface area contributed by atoms with Crippen molar-refractivity contribution in [3.63, 3.8) is 0 Å². The van der Waals surface area contributed by atoms with E-state index in [1.165, 1.54) is 19.1 Å². The van der Waals surface area contributed by atoms with Crippen LogP contribution in [0.5, 0.6) is 0 Å². The van der Waals surface area contributed by atoms with Crippen molar-refractivity contribution in [1.29, 1.82) is 0 Å². The van der Waals surface area contributed by atoms with E-state index >= 15 is 0 Å². The van der Waals surface area contributed by atoms with Crippen molar-refractivity contribution in [2.45, 2.75) is 32.4 Å².